The van der Waals surface area contributed by atoms with Gasteiger partial charge in [0.15, 0.2) is 5.65 Å². The summed E-state index contributed by atoms with van der Waals surface area (Å²) in [4.78, 5) is 16.6. The first-order valence-corrected chi connectivity index (χ1v) is 6.30. The average molecular weight is 254 g/mol. The van der Waals surface area contributed by atoms with Crippen LogP contribution < -0.4 is 5.56 Å². The van der Waals surface area contributed by atoms with Crippen molar-refractivity contribution >= 4 is 11.0 Å². The highest BCUT2D eigenvalue weighted by atomic mass is 16.1. The van der Waals surface area contributed by atoms with Crippen molar-refractivity contribution in [2.75, 3.05) is 0 Å². The van der Waals surface area contributed by atoms with Gasteiger partial charge < -0.3 is 0 Å². The highest BCUT2D eigenvalue weighted by Crippen LogP contribution is 2.12. The number of rotatable bonds is 3. The third-order valence-electron chi connectivity index (χ3n) is 3.02. The van der Waals surface area contributed by atoms with Gasteiger partial charge in [-0.05, 0) is 18.6 Å². The summed E-state index contributed by atoms with van der Waals surface area (Å²) in [5.41, 5.74) is 1.47. The molecule has 0 fully saturated rings. The van der Waals surface area contributed by atoms with E-state index in [9.17, 15) is 4.79 Å². The summed E-state index contributed by atoms with van der Waals surface area (Å²) in [5, 5.41) is 4.82. The van der Waals surface area contributed by atoms with Crippen molar-refractivity contribution in [3.8, 4) is 5.69 Å². The van der Waals surface area contributed by atoms with Crippen LogP contribution in [0.2, 0.25) is 0 Å². The maximum absolute atomic E-state index is 12.2. The Morgan fingerprint density at radius 3 is 2.74 bits per heavy atom. The van der Waals surface area contributed by atoms with Gasteiger partial charge in [0.1, 0.15) is 5.39 Å². The Morgan fingerprint density at radius 2 is 2.00 bits per heavy atom. The summed E-state index contributed by atoms with van der Waals surface area (Å²) in [6, 6.07) is 9.68. The lowest BCUT2D eigenvalue weighted by molar-refractivity contribution is 0.647. The molecule has 2 aromatic heterocycles. The molecule has 0 aliphatic carbocycles. The highest BCUT2D eigenvalue weighted by molar-refractivity contribution is 5.74. The predicted octanol–water partition coefficient (Wildman–Crippen LogP) is 1.99. The van der Waals surface area contributed by atoms with E-state index in [4.69, 9.17) is 0 Å². The van der Waals surface area contributed by atoms with Crippen LogP contribution in [0.1, 0.15) is 13.3 Å². The van der Waals surface area contributed by atoms with E-state index in [0.29, 0.717) is 17.6 Å². The van der Waals surface area contributed by atoms with Crippen molar-refractivity contribution in [2.24, 2.45) is 0 Å². The van der Waals surface area contributed by atoms with Crippen molar-refractivity contribution < 1.29 is 0 Å². The van der Waals surface area contributed by atoms with E-state index >= 15 is 0 Å². The second-order valence-electron chi connectivity index (χ2n) is 4.37. The summed E-state index contributed by atoms with van der Waals surface area (Å²) < 4.78 is 3.31. The summed E-state index contributed by atoms with van der Waals surface area (Å²) in [7, 11) is 0. The zero-order chi connectivity index (χ0) is 13.2. The van der Waals surface area contributed by atoms with Crippen LogP contribution in [0, 0.1) is 0 Å². The number of aromatic nitrogens is 4. The Kier molecular flexibility index (Phi) is 2.87. The summed E-state index contributed by atoms with van der Waals surface area (Å²) in [5.74, 6) is 0. The van der Waals surface area contributed by atoms with Gasteiger partial charge in [0.05, 0.1) is 18.2 Å². The molecule has 96 valence electrons. The third-order valence-corrected chi connectivity index (χ3v) is 3.02. The largest absolute Gasteiger partial charge is 0.299 e. The molecule has 3 rings (SSSR count). The van der Waals surface area contributed by atoms with Gasteiger partial charge in [-0.25, -0.2) is 9.67 Å². The maximum Gasteiger partial charge on any atom is 0.264 e. The minimum Gasteiger partial charge on any atom is -0.299 e. The Bertz CT molecular complexity index is 758. The van der Waals surface area contributed by atoms with Gasteiger partial charge in [-0.15, -0.1) is 0 Å². The first-order valence-electron chi connectivity index (χ1n) is 6.30. The van der Waals surface area contributed by atoms with Crippen molar-refractivity contribution in [1.29, 1.82) is 0 Å². The number of para-hydroxylation sites is 1. The minimum absolute atomic E-state index is 0.0333. The fourth-order valence-corrected chi connectivity index (χ4v) is 2.11. The number of benzene rings is 1. The lowest BCUT2D eigenvalue weighted by Gasteiger charge is -2.04. The molecule has 0 N–H and O–H groups in total. The standard InChI is InChI=1S/C14H14N4O/c1-2-8-17-10-15-13-12(14(17)19)9-16-18(13)11-6-4-3-5-7-11/h3-7,9-10H,2,8H2,1H3. The zero-order valence-electron chi connectivity index (χ0n) is 10.7. The molecule has 3 aromatic rings. The Labute approximate surface area is 110 Å². The first-order chi connectivity index (χ1) is 9.31. The Hall–Kier alpha value is -2.43. The topological polar surface area (TPSA) is 52.7 Å². The van der Waals surface area contributed by atoms with E-state index in [1.54, 1.807) is 21.8 Å². The molecule has 0 aliphatic heterocycles. The zero-order valence-corrected chi connectivity index (χ0v) is 10.7. The van der Waals surface area contributed by atoms with Crippen molar-refractivity contribution in [1.82, 2.24) is 19.3 Å². The van der Waals surface area contributed by atoms with Gasteiger partial charge in [-0.2, -0.15) is 5.10 Å². The van der Waals surface area contributed by atoms with E-state index in [2.05, 4.69) is 10.1 Å². The molecule has 19 heavy (non-hydrogen) atoms. The SMILES string of the molecule is CCCn1cnc2c(cnn2-c2ccccc2)c1=O. The monoisotopic (exact) mass is 254 g/mol. The van der Waals surface area contributed by atoms with Gasteiger partial charge in [0, 0.05) is 6.54 Å². The molecule has 0 aliphatic rings. The number of hydrogen-bond donors (Lipinski definition) is 0. The highest BCUT2D eigenvalue weighted by Gasteiger charge is 2.10. The van der Waals surface area contributed by atoms with Crippen LogP contribution in [0.3, 0.4) is 0 Å². The molecule has 0 saturated carbocycles. The van der Waals surface area contributed by atoms with Crippen molar-refractivity contribution in [3.63, 3.8) is 0 Å². The Morgan fingerprint density at radius 1 is 1.21 bits per heavy atom. The van der Waals surface area contributed by atoms with Gasteiger partial charge in [0.2, 0.25) is 0 Å². The van der Waals surface area contributed by atoms with E-state index in [-0.39, 0.29) is 5.56 Å². The fourth-order valence-electron chi connectivity index (χ4n) is 2.11. The number of nitrogens with zero attached hydrogens (tertiary/aromatic N) is 4. The molecule has 0 bridgehead atoms. The van der Waals surface area contributed by atoms with E-state index in [0.717, 1.165) is 12.1 Å². The van der Waals surface area contributed by atoms with Crippen molar-refractivity contribution in [2.45, 2.75) is 19.9 Å². The molecule has 0 spiro atoms. The number of hydrogen-bond acceptors (Lipinski definition) is 3. The van der Waals surface area contributed by atoms with Crippen LogP contribution in [0.4, 0.5) is 0 Å². The summed E-state index contributed by atoms with van der Waals surface area (Å²) >= 11 is 0. The molecule has 5 nitrogen and oxygen atoms in total. The van der Waals surface area contributed by atoms with Crippen LogP contribution in [0.15, 0.2) is 47.7 Å². The van der Waals surface area contributed by atoms with Crippen LogP contribution >= 0.6 is 0 Å². The lowest BCUT2D eigenvalue weighted by atomic mass is 10.3. The molecular weight excluding hydrogens is 240 g/mol. The van der Waals surface area contributed by atoms with Crippen LogP contribution in [-0.2, 0) is 6.54 Å². The molecule has 0 unspecified atom stereocenters. The Balaban J connectivity index is 2.21. The van der Waals surface area contributed by atoms with Gasteiger partial charge in [0.25, 0.3) is 5.56 Å². The summed E-state index contributed by atoms with van der Waals surface area (Å²) in [6.07, 6.45) is 4.08. The van der Waals surface area contributed by atoms with E-state index in [1.807, 2.05) is 37.3 Å². The second kappa shape index (κ2) is 4.68. The van der Waals surface area contributed by atoms with Gasteiger partial charge in [-0.3, -0.25) is 9.36 Å². The molecule has 5 heteroatoms. The van der Waals surface area contributed by atoms with E-state index in [1.165, 1.54) is 0 Å². The van der Waals surface area contributed by atoms with Crippen LogP contribution in [0.5, 0.6) is 0 Å². The predicted molar refractivity (Wildman–Crippen MR) is 73.4 cm³/mol. The number of fused-ring (bicyclic) bond motifs is 1. The van der Waals surface area contributed by atoms with Gasteiger partial charge in [-0.1, -0.05) is 25.1 Å². The summed E-state index contributed by atoms with van der Waals surface area (Å²) in [6.45, 7) is 2.71. The third kappa shape index (κ3) is 1.93. The smallest absolute Gasteiger partial charge is 0.264 e. The lowest BCUT2D eigenvalue weighted by Crippen LogP contribution is -2.20. The molecule has 0 saturated heterocycles. The van der Waals surface area contributed by atoms with E-state index < -0.39 is 0 Å². The molecule has 0 amide bonds. The van der Waals surface area contributed by atoms with Crippen LogP contribution in [0.25, 0.3) is 16.7 Å². The average Bonchev–Trinajstić information content (AvgIpc) is 2.88. The molecule has 0 radical (unpaired) electrons. The van der Waals surface area contributed by atoms with Gasteiger partial charge >= 0.3 is 0 Å². The molecule has 1 aromatic carbocycles. The molecule has 0 atom stereocenters. The maximum atomic E-state index is 12.2. The second-order valence-corrected chi connectivity index (χ2v) is 4.37. The number of aryl methyl sites for hydroxylation is 1. The van der Waals surface area contributed by atoms with Crippen molar-refractivity contribution in [3.05, 3.63) is 53.2 Å². The first kappa shape index (κ1) is 11.6. The fraction of sp³-hybridized carbons (Fsp3) is 0.214. The normalized spacial score (nSPS) is 11.0. The molecule has 2 heterocycles. The molecular formula is C14H14N4O. The quantitative estimate of drug-likeness (QED) is 0.718. The van der Waals surface area contributed by atoms with Crippen LogP contribution in [-0.4, -0.2) is 19.3 Å². The minimum atomic E-state index is -0.0333.